The maximum atomic E-state index is 10.2. The lowest BCUT2D eigenvalue weighted by Gasteiger charge is -1.97. The van der Waals surface area contributed by atoms with Crippen molar-refractivity contribution in [3.05, 3.63) is 29.3 Å². The van der Waals surface area contributed by atoms with Crippen LogP contribution in [-0.2, 0) is 11.2 Å². The highest BCUT2D eigenvalue weighted by atomic mass is 16.5. The first-order valence-electron chi connectivity index (χ1n) is 3.54. The third kappa shape index (κ3) is 1.00. The second kappa shape index (κ2) is 2.38. The first-order chi connectivity index (χ1) is 5.40. The summed E-state index contributed by atoms with van der Waals surface area (Å²) in [7, 11) is 0. The van der Waals surface area contributed by atoms with Crippen LogP contribution < -0.4 is 4.74 Å². The first-order valence-corrected chi connectivity index (χ1v) is 3.54. The summed E-state index contributed by atoms with van der Waals surface area (Å²) in [6.45, 7) is 0.734. The molecule has 0 atom stereocenters. The summed E-state index contributed by atoms with van der Waals surface area (Å²) in [6, 6.07) is 5.42. The van der Waals surface area contributed by atoms with Crippen LogP contribution >= 0.6 is 0 Å². The fourth-order valence-corrected chi connectivity index (χ4v) is 1.23. The number of rotatable bonds is 1. The molecule has 11 heavy (non-hydrogen) atoms. The van der Waals surface area contributed by atoms with E-state index in [2.05, 4.69) is 0 Å². The topological polar surface area (TPSA) is 26.3 Å². The van der Waals surface area contributed by atoms with E-state index in [0.29, 0.717) is 5.56 Å². The third-order valence-corrected chi connectivity index (χ3v) is 1.81. The minimum Gasteiger partial charge on any atom is -0.493 e. The monoisotopic (exact) mass is 147 g/mol. The molecule has 0 unspecified atom stereocenters. The van der Waals surface area contributed by atoms with Crippen LogP contribution in [0.4, 0.5) is 0 Å². The lowest BCUT2D eigenvalue weighted by Crippen LogP contribution is -1.86. The molecule has 0 bridgehead atoms. The average Bonchev–Trinajstić information content (AvgIpc) is 2.50. The molecule has 0 N–H and O–H groups in total. The van der Waals surface area contributed by atoms with E-state index in [4.69, 9.17) is 4.74 Å². The van der Waals surface area contributed by atoms with Crippen LogP contribution in [0.2, 0.25) is 0 Å². The van der Waals surface area contributed by atoms with E-state index in [-0.39, 0.29) is 0 Å². The minimum absolute atomic E-state index is 0.561. The number of benzene rings is 1. The number of hydrogen-bond acceptors (Lipinski definition) is 2. The summed E-state index contributed by atoms with van der Waals surface area (Å²) in [5.74, 6) is 0.839. The molecular formula is C9H7O2. The highest BCUT2D eigenvalue weighted by Gasteiger charge is 2.11. The van der Waals surface area contributed by atoms with Crippen LogP contribution in [0.15, 0.2) is 18.2 Å². The second-order valence-corrected chi connectivity index (χ2v) is 2.52. The van der Waals surface area contributed by atoms with Crippen LogP contribution in [0.3, 0.4) is 0 Å². The summed E-state index contributed by atoms with van der Waals surface area (Å²) < 4.78 is 5.26. The van der Waals surface area contributed by atoms with Crippen molar-refractivity contribution in [3.8, 4) is 5.75 Å². The fraction of sp³-hybridized carbons (Fsp3) is 0.222. The van der Waals surface area contributed by atoms with Gasteiger partial charge in [-0.25, -0.2) is 0 Å². The standard InChI is InChI=1S/C9H7O2/c10-6-7-1-2-8-3-4-11-9(8)5-7/h1-2,5H,3-4H2. The van der Waals surface area contributed by atoms with Gasteiger partial charge in [-0.2, -0.15) is 0 Å². The van der Waals surface area contributed by atoms with Gasteiger partial charge < -0.3 is 4.74 Å². The molecule has 2 rings (SSSR count). The van der Waals surface area contributed by atoms with Crippen molar-refractivity contribution in [1.82, 2.24) is 0 Å². The van der Waals surface area contributed by atoms with Crippen LogP contribution in [0.1, 0.15) is 11.1 Å². The Morgan fingerprint density at radius 3 is 3.18 bits per heavy atom. The van der Waals surface area contributed by atoms with Gasteiger partial charge in [0.05, 0.1) is 6.61 Å². The predicted molar refractivity (Wildman–Crippen MR) is 40.4 cm³/mol. The number of hydrogen-bond donors (Lipinski definition) is 0. The summed E-state index contributed by atoms with van der Waals surface area (Å²) in [5, 5.41) is 0. The largest absolute Gasteiger partial charge is 0.493 e. The summed E-state index contributed by atoms with van der Waals surface area (Å²) in [5.41, 5.74) is 1.75. The summed E-state index contributed by atoms with van der Waals surface area (Å²) in [6.07, 6.45) is 2.78. The van der Waals surface area contributed by atoms with Gasteiger partial charge in [0.1, 0.15) is 5.75 Å². The van der Waals surface area contributed by atoms with E-state index in [1.54, 1.807) is 12.1 Å². The van der Waals surface area contributed by atoms with Crippen molar-refractivity contribution in [2.75, 3.05) is 6.61 Å². The zero-order chi connectivity index (χ0) is 7.68. The van der Waals surface area contributed by atoms with Gasteiger partial charge in [0.25, 0.3) is 0 Å². The van der Waals surface area contributed by atoms with Crippen molar-refractivity contribution in [1.29, 1.82) is 0 Å². The van der Waals surface area contributed by atoms with Crippen molar-refractivity contribution >= 4 is 6.29 Å². The molecule has 1 aromatic rings. The van der Waals surface area contributed by atoms with Gasteiger partial charge in [-0.1, -0.05) is 12.1 Å². The Bertz CT molecular complexity index is 292. The molecule has 0 aliphatic carbocycles. The maximum absolute atomic E-state index is 10.2. The maximum Gasteiger partial charge on any atom is 0.233 e. The van der Waals surface area contributed by atoms with E-state index >= 15 is 0 Å². The molecule has 0 amide bonds. The Balaban J connectivity index is 2.48. The van der Waals surface area contributed by atoms with Gasteiger partial charge in [0.2, 0.25) is 6.29 Å². The molecule has 0 fully saturated rings. The molecule has 55 valence electrons. The predicted octanol–water partition coefficient (Wildman–Crippen LogP) is 1.08. The zero-order valence-electron chi connectivity index (χ0n) is 5.96. The van der Waals surface area contributed by atoms with Gasteiger partial charge in [0, 0.05) is 12.0 Å². The Hall–Kier alpha value is -1.31. The van der Waals surface area contributed by atoms with E-state index in [9.17, 15) is 4.79 Å². The Morgan fingerprint density at radius 1 is 1.45 bits per heavy atom. The smallest absolute Gasteiger partial charge is 0.233 e. The van der Waals surface area contributed by atoms with Crippen LogP contribution in [0.25, 0.3) is 0 Å². The van der Waals surface area contributed by atoms with Crippen LogP contribution in [0.5, 0.6) is 5.75 Å². The Kier molecular flexibility index (Phi) is 1.39. The van der Waals surface area contributed by atoms with E-state index < -0.39 is 0 Å². The highest BCUT2D eigenvalue weighted by molar-refractivity contribution is 5.76. The lowest BCUT2D eigenvalue weighted by atomic mass is 10.1. The molecule has 1 aliphatic heterocycles. The Labute approximate surface area is 64.8 Å². The van der Waals surface area contributed by atoms with Crippen LogP contribution in [-0.4, -0.2) is 12.9 Å². The normalized spacial score (nSPS) is 13.8. The molecule has 0 saturated heterocycles. The molecule has 0 saturated carbocycles. The van der Waals surface area contributed by atoms with Crippen molar-refractivity contribution in [2.45, 2.75) is 6.42 Å². The molecule has 2 heteroatoms. The summed E-state index contributed by atoms with van der Waals surface area (Å²) in [4.78, 5) is 10.2. The van der Waals surface area contributed by atoms with E-state index in [1.807, 2.05) is 12.4 Å². The SMILES string of the molecule is O=[C]c1ccc2c(c1)OCC2. The van der Waals surface area contributed by atoms with Gasteiger partial charge >= 0.3 is 0 Å². The lowest BCUT2D eigenvalue weighted by molar-refractivity contribution is 0.356. The number of fused-ring (bicyclic) bond motifs is 1. The van der Waals surface area contributed by atoms with Crippen molar-refractivity contribution in [3.63, 3.8) is 0 Å². The van der Waals surface area contributed by atoms with Gasteiger partial charge in [0.15, 0.2) is 0 Å². The molecular weight excluding hydrogens is 140 g/mol. The fourth-order valence-electron chi connectivity index (χ4n) is 1.23. The molecule has 2 nitrogen and oxygen atoms in total. The average molecular weight is 147 g/mol. The second-order valence-electron chi connectivity index (χ2n) is 2.52. The number of carbonyl (C=O) groups excluding carboxylic acids is 1. The quantitative estimate of drug-likeness (QED) is 0.594. The van der Waals surface area contributed by atoms with Gasteiger partial charge in [-0.05, 0) is 11.6 Å². The molecule has 0 spiro atoms. The molecule has 1 radical (unpaired) electrons. The molecule has 1 aromatic carbocycles. The molecule has 1 aliphatic rings. The Morgan fingerprint density at radius 2 is 2.36 bits per heavy atom. The minimum atomic E-state index is 0.561. The highest BCUT2D eigenvalue weighted by Crippen LogP contribution is 2.25. The molecule has 0 aromatic heterocycles. The molecule has 1 heterocycles. The van der Waals surface area contributed by atoms with Crippen molar-refractivity contribution in [2.24, 2.45) is 0 Å². The zero-order valence-corrected chi connectivity index (χ0v) is 5.96. The van der Waals surface area contributed by atoms with Gasteiger partial charge in [-0.15, -0.1) is 0 Å². The van der Waals surface area contributed by atoms with E-state index in [1.165, 1.54) is 5.56 Å². The van der Waals surface area contributed by atoms with E-state index in [0.717, 1.165) is 18.8 Å². The summed E-state index contributed by atoms with van der Waals surface area (Å²) >= 11 is 0. The van der Waals surface area contributed by atoms with Gasteiger partial charge in [-0.3, -0.25) is 4.79 Å². The van der Waals surface area contributed by atoms with Crippen molar-refractivity contribution < 1.29 is 9.53 Å². The van der Waals surface area contributed by atoms with Crippen LogP contribution in [0, 0.1) is 0 Å². The number of ether oxygens (including phenoxy) is 1. The third-order valence-electron chi connectivity index (χ3n) is 1.81. The first kappa shape index (κ1) is 6.40.